The molecule has 0 fully saturated rings. The molecule has 0 saturated heterocycles. The Morgan fingerprint density at radius 1 is 1.25 bits per heavy atom. The SMILES string of the molecule is CC(C)(CO)NC(=O)c1ccc(-c2ccc(F)cc2)o1. The van der Waals surface area contributed by atoms with Gasteiger partial charge >= 0.3 is 0 Å². The Morgan fingerprint density at radius 3 is 2.50 bits per heavy atom. The van der Waals surface area contributed by atoms with E-state index < -0.39 is 11.4 Å². The third kappa shape index (κ3) is 3.24. The van der Waals surface area contributed by atoms with Crippen LogP contribution >= 0.6 is 0 Å². The van der Waals surface area contributed by atoms with Gasteiger partial charge in [0.25, 0.3) is 5.91 Å². The highest BCUT2D eigenvalue weighted by molar-refractivity contribution is 5.92. The molecular weight excluding hydrogens is 261 g/mol. The summed E-state index contributed by atoms with van der Waals surface area (Å²) in [5.41, 5.74) is -0.0354. The molecule has 0 aliphatic rings. The van der Waals surface area contributed by atoms with Crippen LogP contribution in [0.2, 0.25) is 0 Å². The van der Waals surface area contributed by atoms with Crippen LogP contribution in [-0.2, 0) is 0 Å². The first-order valence-corrected chi connectivity index (χ1v) is 6.20. The lowest BCUT2D eigenvalue weighted by molar-refractivity contribution is 0.0842. The summed E-state index contributed by atoms with van der Waals surface area (Å²) in [6, 6.07) is 9.00. The van der Waals surface area contributed by atoms with E-state index in [1.165, 1.54) is 12.1 Å². The molecule has 0 aliphatic heterocycles. The predicted octanol–water partition coefficient (Wildman–Crippen LogP) is 2.59. The van der Waals surface area contributed by atoms with Crippen LogP contribution in [0.15, 0.2) is 40.8 Å². The van der Waals surface area contributed by atoms with Crippen LogP contribution in [-0.4, -0.2) is 23.2 Å². The number of carbonyl (C=O) groups excluding carboxylic acids is 1. The zero-order chi connectivity index (χ0) is 14.8. The number of rotatable bonds is 4. The molecule has 0 aliphatic carbocycles. The molecule has 1 aromatic carbocycles. The van der Waals surface area contributed by atoms with Crippen molar-refractivity contribution in [3.05, 3.63) is 48.0 Å². The summed E-state index contributed by atoms with van der Waals surface area (Å²) in [5, 5.41) is 11.8. The van der Waals surface area contributed by atoms with Crippen molar-refractivity contribution in [2.45, 2.75) is 19.4 Å². The van der Waals surface area contributed by atoms with Gasteiger partial charge in [0.2, 0.25) is 0 Å². The molecule has 5 heteroatoms. The molecule has 4 nitrogen and oxygen atoms in total. The summed E-state index contributed by atoms with van der Waals surface area (Å²) in [6.45, 7) is 3.23. The minimum Gasteiger partial charge on any atom is -0.451 e. The van der Waals surface area contributed by atoms with E-state index in [1.54, 1.807) is 38.1 Å². The van der Waals surface area contributed by atoms with E-state index in [1.807, 2.05) is 0 Å². The first kappa shape index (κ1) is 14.3. The monoisotopic (exact) mass is 277 g/mol. The number of hydrogen-bond donors (Lipinski definition) is 2. The van der Waals surface area contributed by atoms with Gasteiger partial charge in [0.15, 0.2) is 5.76 Å². The maximum absolute atomic E-state index is 12.8. The van der Waals surface area contributed by atoms with Crippen molar-refractivity contribution in [3.8, 4) is 11.3 Å². The third-order valence-corrected chi connectivity index (χ3v) is 2.81. The van der Waals surface area contributed by atoms with Crippen LogP contribution in [0.4, 0.5) is 4.39 Å². The number of carbonyl (C=O) groups is 1. The van der Waals surface area contributed by atoms with E-state index in [0.717, 1.165) is 0 Å². The van der Waals surface area contributed by atoms with Gasteiger partial charge in [-0.3, -0.25) is 4.79 Å². The number of aliphatic hydroxyl groups excluding tert-OH is 1. The average molecular weight is 277 g/mol. The number of aliphatic hydroxyl groups is 1. The highest BCUT2D eigenvalue weighted by Crippen LogP contribution is 2.22. The van der Waals surface area contributed by atoms with Crippen molar-refractivity contribution in [3.63, 3.8) is 0 Å². The van der Waals surface area contributed by atoms with E-state index >= 15 is 0 Å². The summed E-state index contributed by atoms with van der Waals surface area (Å²) in [6.07, 6.45) is 0. The fraction of sp³-hybridized carbons (Fsp3) is 0.267. The molecular formula is C15H16FNO3. The molecule has 20 heavy (non-hydrogen) atoms. The summed E-state index contributed by atoms with van der Waals surface area (Å²) in [5.74, 6) is -0.108. The summed E-state index contributed by atoms with van der Waals surface area (Å²) in [4.78, 5) is 11.9. The Bertz CT molecular complexity index is 602. The lowest BCUT2D eigenvalue weighted by Crippen LogP contribution is -2.46. The third-order valence-electron chi connectivity index (χ3n) is 2.81. The van der Waals surface area contributed by atoms with Gasteiger partial charge in [-0.25, -0.2) is 4.39 Å². The smallest absolute Gasteiger partial charge is 0.287 e. The van der Waals surface area contributed by atoms with Crippen molar-refractivity contribution >= 4 is 5.91 Å². The quantitative estimate of drug-likeness (QED) is 0.903. The van der Waals surface area contributed by atoms with Gasteiger partial charge in [-0.15, -0.1) is 0 Å². The Labute approximate surface area is 116 Å². The van der Waals surface area contributed by atoms with Crippen LogP contribution in [0.5, 0.6) is 0 Å². The van der Waals surface area contributed by atoms with Gasteiger partial charge < -0.3 is 14.8 Å². The molecule has 2 rings (SSSR count). The highest BCUT2D eigenvalue weighted by Gasteiger charge is 2.22. The number of hydrogen-bond acceptors (Lipinski definition) is 3. The zero-order valence-electron chi connectivity index (χ0n) is 11.3. The lowest BCUT2D eigenvalue weighted by Gasteiger charge is -2.22. The molecule has 2 N–H and O–H groups in total. The second kappa shape index (κ2) is 5.46. The van der Waals surface area contributed by atoms with Crippen LogP contribution in [0.1, 0.15) is 24.4 Å². The largest absolute Gasteiger partial charge is 0.451 e. The first-order chi connectivity index (χ1) is 9.41. The van der Waals surface area contributed by atoms with E-state index in [9.17, 15) is 9.18 Å². The molecule has 1 aromatic heterocycles. The molecule has 106 valence electrons. The second-order valence-electron chi connectivity index (χ2n) is 5.17. The van der Waals surface area contributed by atoms with Crippen molar-refractivity contribution in [2.24, 2.45) is 0 Å². The maximum atomic E-state index is 12.8. The normalized spacial score (nSPS) is 11.4. The Hall–Kier alpha value is -2.14. The van der Waals surface area contributed by atoms with Gasteiger partial charge in [-0.05, 0) is 50.2 Å². The standard InChI is InChI=1S/C15H16FNO3/c1-15(2,9-18)17-14(19)13-8-7-12(20-13)10-3-5-11(16)6-4-10/h3-8,18H,9H2,1-2H3,(H,17,19). The fourth-order valence-corrected chi connectivity index (χ4v) is 1.64. The molecule has 1 heterocycles. The Balaban J connectivity index is 2.17. The van der Waals surface area contributed by atoms with Gasteiger partial charge in [0.05, 0.1) is 12.1 Å². The molecule has 0 radical (unpaired) electrons. The fourth-order valence-electron chi connectivity index (χ4n) is 1.64. The van der Waals surface area contributed by atoms with E-state index in [4.69, 9.17) is 9.52 Å². The Morgan fingerprint density at radius 2 is 1.90 bits per heavy atom. The second-order valence-corrected chi connectivity index (χ2v) is 5.17. The van der Waals surface area contributed by atoms with Crippen LogP contribution in [0.25, 0.3) is 11.3 Å². The van der Waals surface area contributed by atoms with Crippen molar-refractivity contribution in [1.29, 1.82) is 0 Å². The average Bonchev–Trinajstić information content (AvgIpc) is 2.89. The number of amides is 1. The molecule has 1 amide bonds. The highest BCUT2D eigenvalue weighted by atomic mass is 19.1. The topological polar surface area (TPSA) is 62.5 Å². The lowest BCUT2D eigenvalue weighted by atomic mass is 10.1. The maximum Gasteiger partial charge on any atom is 0.287 e. The summed E-state index contributed by atoms with van der Waals surface area (Å²) >= 11 is 0. The van der Waals surface area contributed by atoms with E-state index in [-0.39, 0.29) is 18.2 Å². The Kier molecular flexibility index (Phi) is 3.90. The number of halogens is 1. The van der Waals surface area contributed by atoms with E-state index in [2.05, 4.69) is 5.32 Å². The van der Waals surface area contributed by atoms with Gasteiger partial charge in [-0.1, -0.05) is 0 Å². The number of furan rings is 1. The van der Waals surface area contributed by atoms with Gasteiger partial charge in [0, 0.05) is 5.56 Å². The molecule has 2 aromatic rings. The minimum atomic E-state index is -0.722. The minimum absolute atomic E-state index is 0.144. The number of nitrogens with one attached hydrogen (secondary N) is 1. The van der Waals surface area contributed by atoms with E-state index in [0.29, 0.717) is 11.3 Å². The van der Waals surface area contributed by atoms with Gasteiger partial charge in [0.1, 0.15) is 11.6 Å². The van der Waals surface area contributed by atoms with Crippen molar-refractivity contribution in [2.75, 3.05) is 6.61 Å². The van der Waals surface area contributed by atoms with Crippen molar-refractivity contribution < 1.29 is 18.7 Å². The molecule has 0 bridgehead atoms. The predicted molar refractivity (Wildman–Crippen MR) is 72.7 cm³/mol. The van der Waals surface area contributed by atoms with Gasteiger partial charge in [-0.2, -0.15) is 0 Å². The number of benzene rings is 1. The van der Waals surface area contributed by atoms with Crippen LogP contribution in [0.3, 0.4) is 0 Å². The summed E-state index contributed by atoms with van der Waals surface area (Å²) in [7, 11) is 0. The molecule has 0 spiro atoms. The molecule has 0 unspecified atom stereocenters. The van der Waals surface area contributed by atoms with Crippen molar-refractivity contribution in [1.82, 2.24) is 5.32 Å². The molecule has 0 saturated carbocycles. The van der Waals surface area contributed by atoms with Crippen LogP contribution in [0, 0.1) is 5.82 Å². The van der Waals surface area contributed by atoms with Crippen LogP contribution < -0.4 is 5.32 Å². The molecule has 0 atom stereocenters. The zero-order valence-corrected chi connectivity index (χ0v) is 11.3. The summed E-state index contributed by atoms with van der Waals surface area (Å²) < 4.78 is 18.3. The first-order valence-electron chi connectivity index (χ1n) is 6.20.